The third kappa shape index (κ3) is 4.70. The zero-order valence-corrected chi connectivity index (χ0v) is 14.3. The fraction of sp³-hybridized carbons (Fsp3) is 0.562. The first-order chi connectivity index (χ1) is 10.6. The van der Waals surface area contributed by atoms with Crippen molar-refractivity contribution >= 4 is 17.6 Å². The molecule has 1 aromatic carbocycles. The Hall–Kier alpha value is -1.62. The van der Waals surface area contributed by atoms with Crippen molar-refractivity contribution in [1.82, 2.24) is 0 Å². The number of hydrogen-bond donors (Lipinski definition) is 0. The van der Waals surface area contributed by atoms with Gasteiger partial charge < -0.3 is 18.9 Å². The van der Waals surface area contributed by atoms with Crippen LogP contribution in [0.2, 0.25) is 5.02 Å². The van der Waals surface area contributed by atoms with Gasteiger partial charge in [-0.25, -0.2) is 0 Å². The van der Waals surface area contributed by atoms with E-state index in [0.29, 0.717) is 48.5 Å². The SMILES string of the molecule is CCOc1c(Cl)cc(CCC(=O)OC)c(OCC)c1OCC. The molecule has 0 bridgehead atoms. The minimum absolute atomic E-state index is 0.243. The maximum atomic E-state index is 11.4. The van der Waals surface area contributed by atoms with Crippen LogP contribution in [-0.2, 0) is 16.0 Å². The molecule has 0 saturated carbocycles. The van der Waals surface area contributed by atoms with Crippen LogP contribution < -0.4 is 14.2 Å². The average Bonchev–Trinajstić information content (AvgIpc) is 2.51. The van der Waals surface area contributed by atoms with Crippen LogP contribution in [0.25, 0.3) is 0 Å². The van der Waals surface area contributed by atoms with E-state index in [0.717, 1.165) is 5.56 Å². The number of halogens is 1. The zero-order valence-electron chi connectivity index (χ0n) is 13.5. The molecular formula is C16H23ClO5. The predicted octanol–water partition coefficient (Wildman–Crippen LogP) is 3.64. The Morgan fingerprint density at radius 2 is 1.55 bits per heavy atom. The summed E-state index contributed by atoms with van der Waals surface area (Å²) in [6.07, 6.45) is 0.695. The molecule has 0 aromatic heterocycles. The molecule has 0 fully saturated rings. The predicted molar refractivity (Wildman–Crippen MR) is 85.3 cm³/mol. The topological polar surface area (TPSA) is 54.0 Å². The van der Waals surface area contributed by atoms with E-state index in [4.69, 9.17) is 25.8 Å². The highest BCUT2D eigenvalue weighted by Gasteiger charge is 2.21. The lowest BCUT2D eigenvalue weighted by molar-refractivity contribution is -0.140. The third-order valence-electron chi connectivity index (χ3n) is 2.91. The smallest absolute Gasteiger partial charge is 0.305 e. The van der Waals surface area contributed by atoms with Crippen molar-refractivity contribution < 1.29 is 23.7 Å². The number of esters is 1. The molecule has 0 amide bonds. The van der Waals surface area contributed by atoms with Crippen molar-refractivity contribution in [3.63, 3.8) is 0 Å². The van der Waals surface area contributed by atoms with Crippen LogP contribution in [0.3, 0.4) is 0 Å². The van der Waals surface area contributed by atoms with Gasteiger partial charge in [0, 0.05) is 12.0 Å². The molecule has 0 aliphatic rings. The molecule has 124 valence electrons. The van der Waals surface area contributed by atoms with Crippen molar-refractivity contribution in [2.24, 2.45) is 0 Å². The summed E-state index contributed by atoms with van der Waals surface area (Å²) in [5.41, 5.74) is 0.796. The van der Waals surface area contributed by atoms with Gasteiger partial charge >= 0.3 is 5.97 Å². The third-order valence-corrected chi connectivity index (χ3v) is 3.19. The minimum Gasteiger partial charge on any atom is -0.490 e. The first-order valence-electron chi connectivity index (χ1n) is 7.39. The van der Waals surface area contributed by atoms with Crippen LogP contribution in [0.4, 0.5) is 0 Å². The second-order valence-electron chi connectivity index (χ2n) is 4.38. The Morgan fingerprint density at radius 3 is 2.09 bits per heavy atom. The number of hydrogen-bond acceptors (Lipinski definition) is 5. The molecular weight excluding hydrogens is 308 g/mol. The van der Waals surface area contributed by atoms with Gasteiger partial charge in [0.25, 0.3) is 0 Å². The van der Waals surface area contributed by atoms with Crippen molar-refractivity contribution in [2.75, 3.05) is 26.9 Å². The van der Waals surface area contributed by atoms with E-state index in [1.165, 1.54) is 7.11 Å². The van der Waals surface area contributed by atoms with Crippen LogP contribution in [0.15, 0.2) is 6.07 Å². The first kappa shape index (κ1) is 18.4. The van der Waals surface area contributed by atoms with Crippen LogP contribution in [-0.4, -0.2) is 32.9 Å². The van der Waals surface area contributed by atoms with Crippen molar-refractivity contribution in [3.05, 3.63) is 16.7 Å². The summed E-state index contributed by atoms with van der Waals surface area (Å²) in [4.78, 5) is 11.4. The van der Waals surface area contributed by atoms with E-state index in [2.05, 4.69) is 4.74 Å². The maximum absolute atomic E-state index is 11.4. The summed E-state index contributed by atoms with van der Waals surface area (Å²) in [5.74, 6) is 1.24. The Morgan fingerprint density at radius 1 is 1.00 bits per heavy atom. The van der Waals surface area contributed by atoms with Gasteiger partial charge in [0.2, 0.25) is 5.75 Å². The highest BCUT2D eigenvalue weighted by molar-refractivity contribution is 6.32. The molecule has 0 aliphatic carbocycles. The number of benzene rings is 1. The molecule has 1 rings (SSSR count). The fourth-order valence-electron chi connectivity index (χ4n) is 2.02. The van der Waals surface area contributed by atoms with Gasteiger partial charge in [0.1, 0.15) is 0 Å². The molecule has 0 atom stereocenters. The van der Waals surface area contributed by atoms with Gasteiger partial charge in [-0.05, 0) is 33.3 Å². The van der Waals surface area contributed by atoms with E-state index in [-0.39, 0.29) is 12.4 Å². The molecule has 6 heteroatoms. The van der Waals surface area contributed by atoms with Gasteiger partial charge in [-0.2, -0.15) is 0 Å². The zero-order chi connectivity index (χ0) is 16.5. The van der Waals surface area contributed by atoms with Gasteiger partial charge in [-0.3, -0.25) is 4.79 Å². The highest BCUT2D eigenvalue weighted by atomic mass is 35.5. The van der Waals surface area contributed by atoms with Crippen LogP contribution in [0.1, 0.15) is 32.8 Å². The van der Waals surface area contributed by atoms with Crippen molar-refractivity contribution in [3.8, 4) is 17.2 Å². The van der Waals surface area contributed by atoms with Gasteiger partial charge in [-0.1, -0.05) is 11.6 Å². The number of rotatable bonds is 9. The van der Waals surface area contributed by atoms with E-state index >= 15 is 0 Å². The van der Waals surface area contributed by atoms with Crippen molar-refractivity contribution in [1.29, 1.82) is 0 Å². The van der Waals surface area contributed by atoms with E-state index in [1.54, 1.807) is 6.07 Å². The van der Waals surface area contributed by atoms with Crippen molar-refractivity contribution in [2.45, 2.75) is 33.6 Å². The second-order valence-corrected chi connectivity index (χ2v) is 4.79. The lowest BCUT2D eigenvalue weighted by Crippen LogP contribution is -2.07. The van der Waals surface area contributed by atoms with Gasteiger partial charge in [0.15, 0.2) is 11.5 Å². The average molecular weight is 331 g/mol. The molecule has 0 unspecified atom stereocenters. The summed E-state index contributed by atoms with van der Waals surface area (Å²) in [6.45, 7) is 7.02. The standard InChI is InChI=1S/C16H23ClO5/c1-5-20-14-11(8-9-13(18)19-4)10-12(17)15(21-6-2)16(14)22-7-3/h10H,5-9H2,1-4H3. The van der Waals surface area contributed by atoms with E-state index in [9.17, 15) is 4.79 Å². The van der Waals surface area contributed by atoms with Crippen LogP contribution >= 0.6 is 11.6 Å². The molecule has 0 N–H and O–H groups in total. The Bertz CT molecular complexity index is 502. The lowest BCUT2D eigenvalue weighted by Gasteiger charge is -2.19. The first-order valence-corrected chi connectivity index (χ1v) is 7.77. The number of carbonyl (C=O) groups excluding carboxylic acids is 1. The molecule has 5 nitrogen and oxygen atoms in total. The molecule has 0 radical (unpaired) electrons. The fourth-order valence-corrected chi connectivity index (χ4v) is 2.29. The minimum atomic E-state index is -0.287. The molecule has 1 aromatic rings. The quantitative estimate of drug-likeness (QED) is 0.647. The Kier molecular flexibility index (Phi) is 7.88. The summed E-state index contributed by atoms with van der Waals surface area (Å²) >= 11 is 6.29. The summed E-state index contributed by atoms with van der Waals surface area (Å²) in [5, 5.41) is 0.439. The molecule has 22 heavy (non-hydrogen) atoms. The van der Waals surface area contributed by atoms with Crippen LogP contribution in [0.5, 0.6) is 17.2 Å². The summed E-state index contributed by atoms with van der Waals surface area (Å²) < 4.78 is 21.6. The molecule has 0 saturated heterocycles. The largest absolute Gasteiger partial charge is 0.490 e. The monoisotopic (exact) mass is 330 g/mol. The highest BCUT2D eigenvalue weighted by Crippen LogP contribution is 2.46. The summed E-state index contributed by atoms with van der Waals surface area (Å²) in [6, 6.07) is 1.75. The Balaban J connectivity index is 3.26. The number of ether oxygens (including phenoxy) is 4. The van der Waals surface area contributed by atoms with Gasteiger partial charge in [-0.15, -0.1) is 0 Å². The second kappa shape index (κ2) is 9.41. The van der Waals surface area contributed by atoms with E-state index in [1.807, 2.05) is 20.8 Å². The number of carbonyl (C=O) groups is 1. The summed E-state index contributed by atoms with van der Waals surface area (Å²) in [7, 11) is 1.36. The normalized spacial score (nSPS) is 10.2. The lowest BCUT2D eigenvalue weighted by atomic mass is 10.1. The Labute approximate surface area is 136 Å². The number of aryl methyl sites for hydroxylation is 1. The van der Waals surface area contributed by atoms with E-state index < -0.39 is 0 Å². The molecule has 0 heterocycles. The maximum Gasteiger partial charge on any atom is 0.305 e. The number of methoxy groups -OCH3 is 1. The van der Waals surface area contributed by atoms with Crippen LogP contribution in [0, 0.1) is 0 Å². The molecule has 0 aliphatic heterocycles. The molecule has 0 spiro atoms. The van der Waals surface area contributed by atoms with Gasteiger partial charge in [0.05, 0.1) is 32.0 Å².